The number of carbonyl (C=O) groups excluding carboxylic acids is 1. The van der Waals surface area contributed by atoms with Gasteiger partial charge in [-0.1, -0.05) is 6.07 Å². The Morgan fingerprint density at radius 1 is 1.57 bits per heavy atom. The molecule has 1 rings (SSSR count). The lowest BCUT2D eigenvalue weighted by Crippen LogP contribution is -2.30. The summed E-state index contributed by atoms with van der Waals surface area (Å²) in [6.45, 7) is 0. The zero-order chi connectivity index (χ0) is 10.6. The average Bonchev–Trinajstić information content (AvgIpc) is 2.18. The second-order valence-corrected chi connectivity index (χ2v) is 2.44. The molecule has 0 radical (unpaired) electrons. The first kappa shape index (κ1) is 10.6. The molecule has 7 heteroatoms. The standard InChI is InChI=1S/C7H9BN2O4/c1-9-14-7(11)6-3-2-5(4-10-6)8(12)13/h2-4,9,12-13H,1H3. The first-order valence-electron chi connectivity index (χ1n) is 3.85. The highest BCUT2D eigenvalue weighted by molar-refractivity contribution is 6.58. The van der Waals surface area contributed by atoms with Gasteiger partial charge in [-0.25, -0.2) is 9.78 Å². The molecule has 0 fully saturated rings. The molecule has 0 unspecified atom stereocenters. The maximum absolute atomic E-state index is 11.1. The number of hydrogen-bond acceptors (Lipinski definition) is 6. The molecule has 0 aromatic carbocycles. The number of pyridine rings is 1. The third kappa shape index (κ3) is 2.53. The van der Waals surface area contributed by atoms with Crippen LogP contribution in [0, 0.1) is 0 Å². The Hall–Kier alpha value is -1.44. The van der Waals surface area contributed by atoms with Crippen LogP contribution < -0.4 is 10.9 Å². The summed E-state index contributed by atoms with van der Waals surface area (Å²) in [7, 11) is -0.138. The van der Waals surface area contributed by atoms with E-state index in [1.165, 1.54) is 25.4 Å². The molecule has 0 bridgehead atoms. The Morgan fingerprint density at radius 2 is 2.29 bits per heavy atom. The molecule has 0 aliphatic rings. The quantitative estimate of drug-likeness (QED) is 0.384. The molecule has 6 nitrogen and oxygen atoms in total. The Bertz CT molecular complexity index is 314. The van der Waals surface area contributed by atoms with Crippen molar-refractivity contribution >= 4 is 18.6 Å². The van der Waals surface area contributed by atoms with Crippen molar-refractivity contribution in [3.8, 4) is 0 Å². The number of nitrogens with one attached hydrogen (secondary N) is 1. The van der Waals surface area contributed by atoms with Crippen LogP contribution >= 0.6 is 0 Å². The average molecular weight is 196 g/mol. The van der Waals surface area contributed by atoms with E-state index >= 15 is 0 Å². The van der Waals surface area contributed by atoms with Crippen molar-refractivity contribution < 1.29 is 19.7 Å². The van der Waals surface area contributed by atoms with Gasteiger partial charge in [-0.05, 0) is 6.07 Å². The van der Waals surface area contributed by atoms with Crippen LogP contribution in [0.5, 0.6) is 0 Å². The minimum absolute atomic E-state index is 0.0868. The predicted molar refractivity (Wildman–Crippen MR) is 48.5 cm³/mol. The van der Waals surface area contributed by atoms with Gasteiger partial charge < -0.3 is 14.9 Å². The van der Waals surface area contributed by atoms with E-state index in [0.29, 0.717) is 0 Å². The van der Waals surface area contributed by atoms with Gasteiger partial charge in [-0.15, -0.1) is 0 Å². The SMILES string of the molecule is CNOC(=O)c1ccc(B(O)O)cn1. The van der Waals surface area contributed by atoms with Crippen LogP contribution in [-0.2, 0) is 4.84 Å². The van der Waals surface area contributed by atoms with Crippen molar-refractivity contribution in [1.29, 1.82) is 0 Å². The van der Waals surface area contributed by atoms with Crippen LogP contribution in [0.1, 0.15) is 10.5 Å². The van der Waals surface area contributed by atoms with E-state index in [1.54, 1.807) is 0 Å². The van der Waals surface area contributed by atoms with Gasteiger partial charge in [0.1, 0.15) is 5.69 Å². The summed E-state index contributed by atoms with van der Waals surface area (Å²) >= 11 is 0. The lowest BCUT2D eigenvalue weighted by molar-refractivity contribution is 0.0303. The Kier molecular flexibility index (Phi) is 3.58. The van der Waals surface area contributed by atoms with E-state index < -0.39 is 13.1 Å². The molecule has 0 saturated carbocycles. The van der Waals surface area contributed by atoms with Gasteiger partial charge in [0.05, 0.1) is 0 Å². The summed E-state index contributed by atoms with van der Waals surface area (Å²) in [6.07, 6.45) is 1.19. The molecule has 0 spiro atoms. The summed E-state index contributed by atoms with van der Waals surface area (Å²) in [6, 6.07) is 2.72. The molecule has 1 heterocycles. The molecule has 3 N–H and O–H groups in total. The molecule has 0 atom stereocenters. The van der Waals surface area contributed by atoms with Gasteiger partial charge in [0.15, 0.2) is 0 Å². The molecule has 1 aromatic heterocycles. The summed E-state index contributed by atoms with van der Waals surface area (Å²) in [5.74, 6) is -0.633. The van der Waals surface area contributed by atoms with E-state index in [2.05, 4.69) is 15.3 Å². The lowest BCUT2D eigenvalue weighted by Gasteiger charge is -2.01. The summed E-state index contributed by atoms with van der Waals surface area (Å²) in [5.41, 5.74) is 2.52. The van der Waals surface area contributed by atoms with E-state index in [9.17, 15) is 4.79 Å². The fourth-order valence-electron chi connectivity index (χ4n) is 0.824. The highest BCUT2D eigenvalue weighted by atomic mass is 16.7. The number of hydroxylamine groups is 1. The third-order valence-corrected chi connectivity index (χ3v) is 1.49. The van der Waals surface area contributed by atoms with Gasteiger partial charge in [-0.2, -0.15) is 5.48 Å². The van der Waals surface area contributed by atoms with Crippen molar-refractivity contribution in [1.82, 2.24) is 10.5 Å². The molecule has 14 heavy (non-hydrogen) atoms. The van der Waals surface area contributed by atoms with Crippen LogP contribution in [0.2, 0.25) is 0 Å². The molecule has 0 aliphatic heterocycles. The van der Waals surface area contributed by atoms with Gasteiger partial charge >= 0.3 is 13.1 Å². The van der Waals surface area contributed by atoms with Crippen molar-refractivity contribution in [3.63, 3.8) is 0 Å². The van der Waals surface area contributed by atoms with Crippen LogP contribution in [0.4, 0.5) is 0 Å². The van der Waals surface area contributed by atoms with E-state index in [-0.39, 0.29) is 11.2 Å². The fraction of sp³-hybridized carbons (Fsp3) is 0.143. The summed E-state index contributed by atoms with van der Waals surface area (Å²) in [5, 5.41) is 17.5. The number of aromatic nitrogens is 1. The van der Waals surface area contributed by atoms with Crippen LogP contribution in [0.25, 0.3) is 0 Å². The third-order valence-electron chi connectivity index (χ3n) is 1.49. The van der Waals surface area contributed by atoms with E-state index in [1.807, 2.05) is 0 Å². The second kappa shape index (κ2) is 4.70. The molecule has 1 aromatic rings. The number of hydrogen-bond donors (Lipinski definition) is 3. The Balaban J connectivity index is 2.78. The minimum atomic E-state index is -1.59. The Labute approximate surface area is 80.6 Å². The predicted octanol–water partition coefficient (Wildman–Crippen LogP) is -1.95. The zero-order valence-electron chi connectivity index (χ0n) is 7.47. The van der Waals surface area contributed by atoms with Crippen LogP contribution in [0.15, 0.2) is 18.3 Å². The molecule has 0 amide bonds. The lowest BCUT2D eigenvalue weighted by atomic mass is 9.82. The van der Waals surface area contributed by atoms with E-state index in [0.717, 1.165) is 0 Å². The normalized spacial score (nSPS) is 9.64. The van der Waals surface area contributed by atoms with Crippen LogP contribution in [0.3, 0.4) is 0 Å². The molecular formula is C7H9BN2O4. The molecule has 0 aliphatic carbocycles. The Morgan fingerprint density at radius 3 is 2.71 bits per heavy atom. The van der Waals surface area contributed by atoms with Gasteiger partial charge in [0, 0.05) is 18.7 Å². The van der Waals surface area contributed by atoms with Crippen molar-refractivity contribution in [2.75, 3.05) is 7.05 Å². The van der Waals surface area contributed by atoms with Crippen molar-refractivity contribution in [3.05, 3.63) is 24.0 Å². The smallest absolute Gasteiger partial charge is 0.423 e. The second-order valence-electron chi connectivity index (χ2n) is 2.44. The molecule has 74 valence electrons. The summed E-state index contributed by atoms with van der Waals surface area (Å²) in [4.78, 5) is 19.2. The van der Waals surface area contributed by atoms with Gasteiger partial charge in [0.2, 0.25) is 0 Å². The van der Waals surface area contributed by atoms with Crippen molar-refractivity contribution in [2.45, 2.75) is 0 Å². The number of nitrogens with zero attached hydrogens (tertiary/aromatic N) is 1. The fourth-order valence-corrected chi connectivity index (χ4v) is 0.824. The first-order chi connectivity index (χ1) is 6.65. The van der Waals surface area contributed by atoms with Crippen molar-refractivity contribution in [2.24, 2.45) is 0 Å². The highest BCUT2D eigenvalue weighted by Crippen LogP contribution is 1.94. The molecule has 0 saturated heterocycles. The number of rotatable bonds is 3. The topological polar surface area (TPSA) is 91.7 Å². The maximum atomic E-state index is 11.1. The number of carbonyl (C=O) groups is 1. The van der Waals surface area contributed by atoms with Gasteiger partial charge in [0.25, 0.3) is 0 Å². The van der Waals surface area contributed by atoms with Gasteiger partial charge in [-0.3, -0.25) is 0 Å². The maximum Gasteiger partial charge on any atom is 0.490 e. The largest absolute Gasteiger partial charge is 0.490 e. The zero-order valence-corrected chi connectivity index (χ0v) is 7.47. The monoisotopic (exact) mass is 196 g/mol. The highest BCUT2D eigenvalue weighted by Gasteiger charge is 2.13. The summed E-state index contributed by atoms with van der Waals surface area (Å²) < 4.78 is 0. The molecular weight excluding hydrogens is 187 g/mol. The first-order valence-corrected chi connectivity index (χ1v) is 3.85. The van der Waals surface area contributed by atoms with Crippen LogP contribution in [-0.4, -0.2) is 35.2 Å². The van der Waals surface area contributed by atoms with E-state index in [4.69, 9.17) is 10.0 Å². The minimum Gasteiger partial charge on any atom is -0.423 e.